The Kier molecular flexibility index (Phi) is 6.46. The largest absolute Gasteiger partial charge is 0.245 e. The van der Waals surface area contributed by atoms with E-state index in [1.54, 1.807) is 0 Å². The molecule has 5 rings (SSSR count). The van der Waals surface area contributed by atoms with Gasteiger partial charge in [-0.1, -0.05) is 44.2 Å². The molecule has 2 aromatic heterocycles. The number of para-hydroxylation sites is 4. The second kappa shape index (κ2) is 9.69. The van der Waals surface area contributed by atoms with Crippen LogP contribution in [-0.4, -0.2) is 9.13 Å². The van der Waals surface area contributed by atoms with Gasteiger partial charge in [-0.15, -0.1) is 0 Å². The van der Waals surface area contributed by atoms with Crippen molar-refractivity contribution in [2.45, 2.75) is 73.6 Å². The molecule has 0 spiro atoms. The highest BCUT2D eigenvalue weighted by Crippen LogP contribution is 2.24. The number of hydrogen-bond donors (Lipinski definition) is 0. The predicted molar refractivity (Wildman–Crippen MR) is 144 cm³/mol. The van der Waals surface area contributed by atoms with Crippen LogP contribution in [0.3, 0.4) is 0 Å². The lowest BCUT2D eigenvalue weighted by Gasteiger charge is -2.16. The molecule has 0 N–H and O–H groups in total. The third-order valence-electron chi connectivity index (χ3n) is 7.44. The van der Waals surface area contributed by atoms with Gasteiger partial charge < -0.3 is 0 Å². The van der Waals surface area contributed by atoms with Gasteiger partial charge >= 0.3 is 0 Å². The molecule has 3 aromatic carbocycles. The number of fused-ring (bicyclic) bond motifs is 2. The van der Waals surface area contributed by atoms with Crippen molar-refractivity contribution in [2.75, 3.05) is 0 Å². The van der Waals surface area contributed by atoms with Crippen LogP contribution in [-0.2, 0) is 26.2 Å². The second-order valence-electron chi connectivity index (χ2n) is 9.94. The van der Waals surface area contributed by atoms with Gasteiger partial charge in [-0.2, -0.15) is 0 Å². The van der Waals surface area contributed by atoms with Gasteiger partial charge in [0.15, 0.2) is 22.1 Å². The molecular weight excluding hydrogens is 428 g/mol. The summed E-state index contributed by atoms with van der Waals surface area (Å²) in [5.41, 5.74) is 12.3. The van der Waals surface area contributed by atoms with Crippen molar-refractivity contribution >= 4 is 22.1 Å². The third-order valence-corrected chi connectivity index (χ3v) is 7.44. The van der Waals surface area contributed by atoms with Crippen LogP contribution < -0.4 is 9.13 Å². The molecule has 0 aliphatic carbocycles. The van der Waals surface area contributed by atoms with E-state index >= 15 is 0 Å². The molecule has 2 heterocycles. The first-order valence-corrected chi connectivity index (χ1v) is 13.0. The Balaban J connectivity index is 1.57. The Morgan fingerprint density at radius 3 is 1.49 bits per heavy atom. The first-order valence-electron chi connectivity index (χ1n) is 13.0. The fraction of sp³-hybridized carbons (Fsp3) is 0.355. The van der Waals surface area contributed by atoms with Crippen LogP contribution in [0.1, 0.15) is 54.5 Å². The van der Waals surface area contributed by atoms with Crippen molar-refractivity contribution in [3.8, 4) is 0 Å². The number of aryl methyl sites for hydroxylation is 4. The minimum absolute atomic E-state index is 0.893. The Morgan fingerprint density at radius 1 is 0.629 bits per heavy atom. The molecule has 0 aliphatic rings. The fourth-order valence-corrected chi connectivity index (χ4v) is 5.68. The zero-order chi connectivity index (χ0) is 24.5. The van der Waals surface area contributed by atoms with Crippen molar-refractivity contribution in [1.29, 1.82) is 0 Å². The molecule has 0 aliphatic heterocycles. The predicted octanol–water partition coefficient (Wildman–Crippen LogP) is 6.01. The lowest BCUT2D eigenvalue weighted by Crippen LogP contribution is -2.36. The molecule has 5 aromatic rings. The summed E-state index contributed by atoms with van der Waals surface area (Å²) in [6.45, 7) is 15.2. The van der Waals surface area contributed by atoms with Crippen LogP contribution in [0.4, 0.5) is 0 Å². The Morgan fingerprint density at radius 2 is 1.06 bits per heavy atom. The SMILES string of the molecule is CCCn1c[n+](Cc2c(C)cc(C)c(C[n+]3cn(CCC)c4ccccc43)c2C)c2ccccc21. The lowest BCUT2D eigenvalue weighted by molar-refractivity contribution is -0.664. The van der Waals surface area contributed by atoms with E-state index < -0.39 is 0 Å². The summed E-state index contributed by atoms with van der Waals surface area (Å²) in [6.07, 6.45) is 6.88. The van der Waals surface area contributed by atoms with E-state index in [0.29, 0.717) is 0 Å². The van der Waals surface area contributed by atoms with Gasteiger partial charge in [0.1, 0.15) is 13.1 Å². The topological polar surface area (TPSA) is 17.6 Å². The molecule has 0 fully saturated rings. The van der Waals surface area contributed by atoms with Gasteiger partial charge in [0, 0.05) is 0 Å². The molecule has 0 saturated heterocycles. The number of aromatic nitrogens is 4. The van der Waals surface area contributed by atoms with Gasteiger partial charge in [0.05, 0.1) is 13.1 Å². The number of hydrogen-bond acceptors (Lipinski definition) is 0. The Bertz CT molecular complexity index is 1390. The van der Waals surface area contributed by atoms with E-state index in [-0.39, 0.29) is 0 Å². The minimum Gasteiger partial charge on any atom is -0.230 e. The average Bonchev–Trinajstić information content (AvgIpc) is 3.38. The smallest absolute Gasteiger partial charge is 0.230 e. The first-order chi connectivity index (χ1) is 17.0. The molecule has 0 amide bonds. The maximum Gasteiger partial charge on any atom is 0.245 e. The average molecular weight is 467 g/mol. The number of rotatable bonds is 8. The highest BCUT2D eigenvalue weighted by molar-refractivity contribution is 5.72. The fourth-order valence-electron chi connectivity index (χ4n) is 5.68. The Hall–Kier alpha value is -3.40. The maximum absolute atomic E-state index is 2.43. The van der Waals surface area contributed by atoms with E-state index in [0.717, 1.165) is 39.0 Å². The molecule has 4 nitrogen and oxygen atoms in total. The van der Waals surface area contributed by atoms with Crippen LogP contribution in [0.2, 0.25) is 0 Å². The molecule has 0 bridgehead atoms. The van der Waals surface area contributed by atoms with Crippen molar-refractivity contribution in [3.05, 3.63) is 95.1 Å². The highest BCUT2D eigenvalue weighted by atomic mass is 15.1. The van der Waals surface area contributed by atoms with Crippen LogP contribution >= 0.6 is 0 Å². The summed E-state index contributed by atoms with van der Waals surface area (Å²) < 4.78 is 9.65. The highest BCUT2D eigenvalue weighted by Gasteiger charge is 2.21. The third kappa shape index (κ3) is 4.27. The van der Waals surface area contributed by atoms with E-state index in [1.807, 2.05) is 0 Å². The van der Waals surface area contributed by atoms with Crippen LogP contribution in [0.15, 0.2) is 67.3 Å². The molecule has 0 unspecified atom stereocenters. The summed E-state index contributed by atoms with van der Waals surface area (Å²) in [7, 11) is 0. The van der Waals surface area contributed by atoms with E-state index in [1.165, 1.54) is 49.9 Å². The van der Waals surface area contributed by atoms with Gasteiger partial charge in [-0.25, -0.2) is 18.3 Å². The molecule has 0 radical (unpaired) electrons. The van der Waals surface area contributed by atoms with Crippen LogP contribution in [0, 0.1) is 20.8 Å². The summed E-state index contributed by atoms with van der Waals surface area (Å²) in [5, 5.41) is 0. The normalized spacial score (nSPS) is 11.7. The van der Waals surface area contributed by atoms with Gasteiger partial charge in [0.2, 0.25) is 12.7 Å². The zero-order valence-electron chi connectivity index (χ0n) is 21.9. The van der Waals surface area contributed by atoms with Gasteiger partial charge in [0.25, 0.3) is 0 Å². The summed E-state index contributed by atoms with van der Waals surface area (Å²) >= 11 is 0. The number of benzene rings is 3. The zero-order valence-corrected chi connectivity index (χ0v) is 21.9. The van der Waals surface area contributed by atoms with Crippen LogP contribution in [0.5, 0.6) is 0 Å². The summed E-state index contributed by atoms with van der Waals surface area (Å²) in [4.78, 5) is 0. The van der Waals surface area contributed by atoms with Crippen molar-refractivity contribution in [2.24, 2.45) is 0 Å². The van der Waals surface area contributed by atoms with Crippen molar-refractivity contribution in [1.82, 2.24) is 9.13 Å². The van der Waals surface area contributed by atoms with Gasteiger partial charge in [-0.3, -0.25) is 0 Å². The maximum atomic E-state index is 2.43. The van der Waals surface area contributed by atoms with E-state index in [4.69, 9.17) is 0 Å². The molecule has 0 atom stereocenters. The summed E-state index contributed by atoms with van der Waals surface area (Å²) in [5.74, 6) is 0. The quantitative estimate of drug-likeness (QED) is 0.249. The first kappa shape index (κ1) is 23.3. The second-order valence-corrected chi connectivity index (χ2v) is 9.94. The summed E-state index contributed by atoms with van der Waals surface area (Å²) in [6, 6.07) is 20.0. The molecule has 0 saturated carbocycles. The minimum atomic E-state index is 0.893. The molecule has 35 heavy (non-hydrogen) atoms. The Labute approximate surface area is 209 Å². The molecule has 4 heteroatoms. The van der Waals surface area contributed by atoms with Crippen molar-refractivity contribution < 1.29 is 9.13 Å². The van der Waals surface area contributed by atoms with Crippen LogP contribution in [0.25, 0.3) is 22.1 Å². The molecule has 180 valence electrons. The number of nitrogens with zero attached hydrogens (tertiary/aromatic N) is 4. The monoisotopic (exact) mass is 466 g/mol. The van der Waals surface area contributed by atoms with E-state index in [2.05, 4.69) is 120 Å². The lowest BCUT2D eigenvalue weighted by atomic mass is 9.93. The van der Waals surface area contributed by atoms with E-state index in [9.17, 15) is 0 Å². The van der Waals surface area contributed by atoms with Gasteiger partial charge in [-0.05, 0) is 85.7 Å². The molecular formula is C31H38N4+2. The number of imidazole rings is 2. The standard InChI is InChI=1S/C31H38N4/c1-6-16-32-21-34(30-14-10-8-12-28(30)32)19-26-23(3)18-24(4)27(25(26)5)20-35-22-33(17-7-2)29-13-9-11-15-31(29)35/h8-15,18,21-22H,6-7,16-17,19-20H2,1-5H3/q+2. The van der Waals surface area contributed by atoms with Crippen molar-refractivity contribution in [3.63, 3.8) is 0 Å².